The summed E-state index contributed by atoms with van der Waals surface area (Å²) in [5.74, 6) is -2.21. The van der Waals surface area contributed by atoms with Crippen molar-refractivity contribution in [3.05, 3.63) is 41.3 Å². The van der Waals surface area contributed by atoms with Gasteiger partial charge in [-0.2, -0.15) is 0 Å². The van der Waals surface area contributed by atoms with Crippen LogP contribution in [0.3, 0.4) is 0 Å². The Bertz CT molecular complexity index is 978. The lowest BCUT2D eigenvalue weighted by molar-refractivity contribution is -0.150. The van der Waals surface area contributed by atoms with Gasteiger partial charge in [-0.25, -0.2) is 9.59 Å². The average molecular weight is 461 g/mol. The molecule has 172 valence electrons. The Morgan fingerprint density at radius 2 is 1.72 bits per heavy atom. The zero-order valence-corrected chi connectivity index (χ0v) is 19.6. The third kappa shape index (κ3) is 6.91. The minimum Gasteiger partial charge on any atom is -0.462 e. The van der Waals surface area contributed by atoms with Crippen molar-refractivity contribution < 1.29 is 28.7 Å². The van der Waals surface area contributed by atoms with E-state index in [1.807, 2.05) is 30.3 Å². The van der Waals surface area contributed by atoms with Crippen LogP contribution >= 0.6 is 11.3 Å². The van der Waals surface area contributed by atoms with E-state index in [-0.39, 0.29) is 23.1 Å². The quantitative estimate of drug-likeness (QED) is 0.582. The van der Waals surface area contributed by atoms with Gasteiger partial charge in [0.05, 0.1) is 12.3 Å². The fourth-order valence-corrected chi connectivity index (χ4v) is 3.51. The summed E-state index contributed by atoms with van der Waals surface area (Å²) in [7, 11) is 0. The molecule has 2 N–H and O–H groups in total. The first-order chi connectivity index (χ1) is 15.0. The number of esters is 2. The number of hydrogen-bond acceptors (Lipinski definition) is 7. The van der Waals surface area contributed by atoms with Crippen LogP contribution in [-0.4, -0.2) is 43.0 Å². The van der Waals surface area contributed by atoms with Gasteiger partial charge in [0, 0.05) is 10.3 Å². The minimum absolute atomic E-state index is 0.195. The van der Waals surface area contributed by atoms with E-state index in [0.717, 1.165) is 10.4 Å². The van der Waals surface area contributed by atoms with Crippen molar-refractivity contribution in [2.24, 2.45) is 5.41 Å². The molecule has 0 aliphatic carbocycles. The van der Waals surface area contributed by atoms with E-state index in [1.54, 1.807) is 33.8 Å². The van der Waals surface area contributed by atoms with Gasteiger partial charge in [-0.05, 0) is 25.5 Å². The van der Waals surface area contributed by atoms with Crippen LogP contribution in [0, 0.1) is 5.41 Å². The summed E-state index contributed by atoms with van der Waals surface area (Å²) in [5, 5.41) is 5.15. The fraction of sp³-hybridized carbons (Fsp3) is 0.391. The molecule has 0 aliphatic rings. The van der Waals surface area contributed by atoms with Crippen LogP contribution in [0.25, 0.3) is 10.4 Å². The second-order valence-corrected chi connectivity index (χ2v) is 9.09. The number of nitrogens with one attached hydrogen (secondary N) is 2. The van der Waals surface area contributed by atoms with Gasteiger partial charge >= 0.3 is 11.9 Å². The Hall–Kier alpha value is -3.20. The SMILES string of the molecule is CCOC(=O)c1sc(-c2ccccc2)cc1NC(=O)COC(=O)C(C)NC(=O)C(C)(C)C. The zero-order valence-electron chi connectivity index (χ0n) is 18.8. The molecule has 1 aromatic heterocycles. The number of thiophene rings is 1. The van der Waals surface area contributed by atoms with Gasteiger partial charge in [0.15, 0.2) is 6.61 Å². The molecule has 1 unspecified atom stereocenters. The number of hydrogen-bond donors (Lipinski definition) is 2. The first-order valence-corrected chi connectivity index (χ1v) is 11.0. The number of anilines is 1. The molecule has 0 fully saturated rings. The van der Waals surface area contributed by atoms with Gasteiger partial charge in [0.25, 0.3) is 5.91 Å². The van der Waals surface area contributed by atoms with Gasteiger partial charge < -0.3 is 20.1 Å². The lowest BCUT2D eigenvalue weighted by atomic mass is 9.95. The van der Waals surface area contributed by atoms with Crippen LogP contribution < -0.4 is 10.6 Å². The molecule has 1 aromatic carbocycles. The van der Waals surface area contributed by atoms with Crippen LogP contribution in [-0.2, 0) is 23.9 Å². The van der Waals surface area contributed by atoms with E-state index in [9.17, 15) is 19.2 Å². The molecule has 0 radical (unpaired) electrons. The van der Waals surface area contributed by atoms with Crippen LogP contribution in [0.15, 0.2) is 36.4 Å². The number of carbonyl (C=O) groups excluding carboxylic acids is 4. The molecular weight excluding hydrogens is 432 g/mol. The number of rotatable bonds is 8. The first-order valence-electron chi connectivity index (χ1n) is 10.2. The molecule has 2 amide bonds. The van der Waals surface area contributed by atoms with Gasteiger partial charge in [0.2, 0.25) is 5.91 Å². The number of carbonyl (C=O) groups is 4. The Morgan fingerprint density at radius 3 is 2.31 bits per heavy atom. The van der Waals surface area contributed by atoms with Crippen molar-refractivity contribution in [3.8, 4) is 10.4 Å². The predicted octanol–water partition coefficient (Wildman–Crippen LogP) is 3.62. The van der Waals surface area contributed by atoms with Crippen molar-refractivity contribution in [1.29, 1.82) is 0 Å². The molecule has 1 heterocycles. The summed E-state index contributed by atoms with van der Waals surface area (Å²) in [6, 6.07) is 10.2. The molecule has 32 heavy (non-hydrogen) atoms. The van der Waals surface area contributed by atoms with Gasteiger partial charge in [0.1, 0.15) is 10.9 Å². The van der Waals surface area contributed by atoms with E-state index in [4.69, 9.17) is 9.47 Å². The lowest BCUT2D eigenvalue weighted by Crippen LogP contribution is -2.45. The topological polar surface area (TPSA) is 111 Å². The Morgan fingerprint density at radius 1 is 1.06 bits per heavy atom. The highest BCUT2D eigenvalue weighted by atomic mass is 32.1. The fourth-order valence-electron chi connectivity index (χ4n) is 2.50. The second kappa shape index (κ2) is 10.9. The van der Waals surface area contributed by atoms with Crippen molar-refractivity contribution in [2.75, 3.05) is 18.5 Å². The molecule has 0 bridgehead atoms. The third-order valence-corrected chi connectivity index (χ3v) is 5.42. The van der Waals surface area contributed by atoms with Gasteiger partial charge in [-0.1, -0.05) is 51.1 Å². The van der Waals surface area contributed by atoms with Crippen molar-refractivity contribution in [2.45, 2.75) is 40.7 Å². The smallest absolute Gasteiger partial charge is 0.350 e. The lowest BCUT2D eigenvalue weighted by Gasteiger charge is -2.20. The minimum atomic E-state index is -0.907. The standard InChI is InChI=1S/C23H28N2O6S/c1-6-30-21(28)19-16(12-17(32-19)15-10-8-7-9-11-15)25-18(26)13-31-20(27)14(2)24-22(29)23(3,4)5/h7-12,14H,6,13H2,1-5H3,(H,24,29)(H,25,26). The Kier molecular flexibility index (Phi) is 8.54. The highest BCUT2D eigenvalue weighted by Crippen LogP contribution is 2.35. The number of amides is 2. The number of benzene rings is 1. The largest absolute Gasteiger partial charge is 0.462 e. The number of ether oxygens (including phenoxy) is 2. The van der Waals surface area contributed by atoms with E-state index in [0.29, 0.717) is 0 Å². The first kappa shape index (κ1) is 25.1. The maximum Gasteiger partial charge on any atom is 0.350 e. The molecule has 0 saturated carbocycles. The molecule has 0 spiro atoms. The average Bonchev–Trinajstić information content (AvgIpc) is 3.15. The summed E-state index contributed by atoms with van der Waals surface area (Å²) in [4.78, 5) is 49.9. The molecular formula is C23H28N2O6S. The molecule has 9 heteroatoms. The molecule has 2 rings (SSSR count). The molecule has 8 nitrogen and oxygen atoms in total. The molecule has 2 aromatic rings. The van der Waals surface area contributed by atoms with Crippen LogP contribution in [0.4, 0.5) is 5.69 Å². The highest BCUT2D eigenvalue weighted by Gasteiger charge is 2.26. The summed E-state index contributed by atoms with van der Waals surface area (Å²) in [6.45, 7) is 7.97. The van der Waals surface area contributed by atoms with Crippen LogP contribution in [0.1, 0.15) is 44.3 Å². The highest BCUT2D eigenvalue weighted by molar-refractivity contribution is 7.18. The normalized spacial score (nSPS) is 11.9. The monoisotopic (exact) mass is 460 g/mol. The van der Waals surface area contributed by atoms with Crippen LogP contribution in [0.5, 0.6) is 0 Å². The van der Waals surface area contributed by atoms with Crippen molar-refractivity contribution in [3.63, 3.8) is 0 Å². The Balaban J connectivity index is 2.05. The maximum atomic E-state index is 12.4. The third-order valence-electron chi connectivity index (χ3n) is 4.25. The van der Waals surface area contributed by atoms with E-state index in [2.05, 4.69) is 10.6 Å². The summed E-state index contributed by atoms with van der Waals surface area (Å²) >= 11 is 1.20. The zero-order chi connectivity index (χ0) is 23.9. The Labute approximate surface area is 191 Å². The van der Waals surface area contributed by atoms with Crippen molar-refractivity contribution >= 4 is 40.8 Å². The summed E-state index contributed by atoms with van der Waals surface area (Å²) < 4.78 is 10.1. The molecule has 0 saturated heterocycles. The van der Waals surface area contributed by atoms with Gasteiger partial charge in [-0.15, -0.1) is 11.3 Å². The predicted molar refractivity (Wildman–Crippen MR) is 122 cm³/mol. The summed E-state index contributed by atoms with van der Waals surface area (Å²) in [6.07, 6.45) is 0. The summed E-state index contributed by atoms with van der Waals surface area (Å²) in [5.41, 5.74) is 0.506. The van der Waals surface area contributed by atoms with Gasteiger partial charge in [-0.3, -0.25) is 9.59 Å². The van der Waals surface area contributed by atoms with E-state index >= 15 is 0 Å². The maximum absolute atomic E-state index is 12.4. The van der Waals surface area contributed by atoms with E-state index < -0.39 is 35.9 Å². The van der Waals surface area contributed by atoms with Crippen molar-refractivity contribution in [1.82, 2.24) is 5.32 Å². The second-order valence-electron chi connectivity index (χ2n) is 8.04. The van der Waals surface area contributed by atoms with Crippen LogP contribution in [0.2, 0.25) is 0 Å². The molecule has 0 aliphatic heterocycles. The molecule has 1 atom stereocenters. The van der Waals surface area contributed by atoms with E-state index in [1.165, 1.54) is 18.3 Å².